The van der Waals surface area contributed by atoms with Crippen molar-refractivity contribution in [2.24, 2.45) is 0 Å². The van der Waals surface area contributed by atoms with Gasteiger partial charge in [-0.25, -0.2) is 14.2 Å². The number of aromatic nitrogens is 3. The Morgan fingerprint density at radius 1 is 1.10 bits per heavy atom. The van der Waals surface area contributed by atoms with Crippen molar-refractivity contribution < 1.29 is 9.18 Å². The first-order valence-corrected chi connectivity index (χ1v) is 9.33. The quantitative estimate of drug-likeness (QED) is 0.574. The van der Waals surface area contributed by atoms with Crippen LogP contribution in [0.3, 0.4) is 0 Å². The van der Waals surface area contributed by atoms with Crippen LogP contribution in [-0.2, 0) is 13.0 Å². The van der Waals surface area contributed by atoms with Crippen LogP contribution in [0.4, 0.5) is 4.39 Å². The third-order valence-corrected chi connectivity index (χ3v) is 5.23. The van der Waals surface area contributed by atoms with Crippen molar-refractivity contribution in [3.8, 4) is 11.3 Å². The van der Waals surface area contributed by atoms with Crippen LogP contribution in [0.5, 0.6) is 0 Å². The van der Waals surface area contributed by atoms with E-state index in [0.717, 1.165) is 11.3 Å². The molecule has 3 heterocycles. The van der Waals surface area contributed by atoms with Gasteiger partial charge in [0.1, 0.15) is 11.5 Å². The number of halogens is 1. The maximum Gasteiger partial charge on any atom is 0.331 e. The lowest BCUT2D eigenvalue weighted by atomic mass is 10.1. The fourth-order valence-electron chi connectivity index (χ4n) is 3.77. The fraction of sp³-hybridized carbons (Fsp3) is 0.136. The largest absolute Gasteiger partial charge is 0.334 e. The number of carbonyl (C=O) groups excluding carboxylic acids is 1. The summed E-state index contributed by atoms with van der Waals surface area (Å²) < 4.78 is 15.0. The van der Waals surface area contributed by atoms with Crippen molar-refractivity contribution in [2.45, 2.75) is 13.0 Å². The second kappa shape index (κ2) is 6.70. The molecule has 29 heavy (non-hydrogen) atoms. The van der Waals surface area contributed by atoms with Crippen LogP contribution in [0.1, 0.15) is 21.6 Å². The molecule has 144 valence electrons. The highest BCUT2D eigenvalue weighted by atomic mass is 19.1. The summed E-state index contributed by atoms with van der Waals surface area (Å²) in [6.07, 6.45) is 2.14. The molecule has 2 aromatic heterocycles. The highest BCUT2D eigenvalue weighted by Crippen LogP contribution is 2.25. The van der Waals surface area contributed by atoms with Gasteiger partial charge in [-0.05, 0) is 24.3 Å². The van der Waals surface area contributed by atoms with Crippen molar-refractivity contribution in [3.63, 3.8) is 0 Å². The van der Waals surface area contributed by atoms with Gasteiger partial charge in [0.15, 0.2) is 0 Å². The monoisotopic (exact) mass is 388 g/mol. The molecule has 2 aromatic carbocycles. The van der Waals surface area contributed by atoms with Crippen molar-refractivity contribution in [1.82, 2.24) is 19.3 Å². The predicted octanol–water partition coefficient (Wildman–Crippen LogP) is 3.03. The van der Waals surface area contributed by atoms with Gasteiger partial charge >= 0.3 is 5.69 Å². The molecule has 0 unspecified atom stereocenters. The van der Waals surface area contributed by atoms with Crippen LogP contribution in [0.25, 0.3) is 16.9 Å². The average molecular weight is 388 g/mol. The summed E-state index contributed by atoms with van der Waals surface area (Å²) in [5, 5.41) is 0. The zero-order valence-corrected chi connectivity index (χ0v) is 15.4. The van der Waals surface area contributed by atoms with Gasteiger partial charge in [0, 0.05) is 41.5 Å². The number of fused-ring (bicyclic) bond motifs is 3. The van der Waals surface area contributed by atoms with Gasteiger partial charge in [0.25, 0.3) is 5.91 Å². The number of H-pyrrole nitrogens is 1. The minimum absolute atomic E-state index is 0.0579. The first kappa shape index (κ1) is 17.4. The summed E-state index contributed by atoms with van der Waals surface area (Å²) in [6.45, 7) is 0.868. The molecule has 0 saturated carbocycles. The minimum atomic E-state index is -0.366. The zero-order valence-electron chi connectivity index (χ0n) is 15.4. The van der Waals surface area contributed by atoms with E-state index in [0.29, 0.717) is 42.0 Å². The molecule has 6 nitrogen and oxygen atoms in total. The van der Waals surface area contributed by atoms with E-state index >= 15 is 0 Å². The Bertz CT molecular complexity index is 1290. The van der Waals surface area contributed by atoms with Crippen molar-refractivity contribution in [1.29, 1.82) is 0 Å². The fourth-order valence-corrected chi connectivity index (χ4v) is 3.77. The molecule has 1 aliphatic rings. The van der Waals surface area contributed by atoms with Crippen LogP contribution >= 0.6 is 0 Å². The molecule has 0 bridgehead atoms. The van der Waals surface area contributed by atoms with Gasteiger partial charge in [-0.1, -0.05) is 30.3 Å². The summed E-state index contributed by atoms with van der Waals surface area (Å²) in [4.78, 5) is 34.6. The Kier molecular flexibility index (Phi) is 4.01. The number of nitrogens with one attached hydrogen (secondary N) is 1. The smallest absolute Gasteiger partial charge is 0.331 e. The van der Waals surface area contributed by atoms with E-state index in [1.54, 1.807) is 35.4 Å². The van der Waals surface area contributed by atoms with Crippen LogP contribution in [0, 0.1) is 5.82 Å². The number of nitrogens with zero attached hydrogens (tertiary/aromatic N) is 3. The normalized spacial score (nSPS) is 13.5. The van der Waals surface area contributed by atoms with Gasteiger partial charge in [0.05, 0.1) is 12.2 Å². The lowest BCUT2D eigenvalue weighted by Gasteiger charge is -2.28. The molecule has 0 radical (unpaired) electrons. The number of imidazole rings is 1. The molecule has 1 aliphatic heterocycles. The lowest BCUT2D eigenvalue weighted by Crippen LogP contribution is -2.38. The Morgan fingerprint density at radius 3 is 2.72 bits per heavy atom. The van der Waals surface area contributed by atoms with Crippen molar-refractivity contribution in [3.05, 3.63) is 93.9 Å². The number of aromatic amines is 1. The Morgan fingerprint density at radius 2 is 1.93 bits per heavy atom. The molecular formula is C22H17FN4O2. The molecule has 4 aromatic rings. The highest BCUT2D eigenvalue weighted by Gasteiger charge is 2.26. The number of amides is 1. The van der Waals surface area contributed by atoms with Crippen LogP contribution in [0.2, 0.25) is 0 Å². The highest BCUT2D eigenvalue weighted by molar-refractivity contribution is 5.94. The topological polar surface area (TPSA) is 70.5 Å². The summed E-state index contributed by atoms with van der Waals surface area (Å²) in [5.41, 5.74) is 3.52. The standard InChI is InChI=1S/C22H17FN4O2/c23-16-8-4-7-15(11-16)19-13-27-20(24-19)17-12-26(10-9-18(17)25-22(27)29)21(28)14-5-2-1-3-6-14/h1-8,11,13H,9-10,12H2,(H,25,29). The molecule has 0 atom stereocenters. The Hall–Kier alpha value is -3.74. The minimum Gasteiger partial charge on any atom is -0.334 e. The predicted molar refractivity (Wildman–Crippen MR) is 106 cm³/mol. The Balaban J connectivity index is 1.58. The molecule has 0 aliphatic carbocycles. The van der Waals surface area contributed by atoms with Gasteiger partial charge in [-0.3, -0.25) is 9.20 Å². The van der Waals surface area contributed by atoms with Gasteiger partial charge in [0.2, 0.25) is 0 Å². The summed E-state index contributed by atoms with van der Waals surface area (Å²) in [5.74, 6) is -0.423. The van der Waals surface area contributed by atoms with E-state index in [4.69, 9.17) is 0 Å². The van der Waals surface area contributed by atoms with E-state index in [1.165, 1.54) is 16.5 Å². The number of hydrogen-bond donors (Lipinski definition) is 1. The first-order chi connectivity index (χ1) is 14.1. The van der Waals surface area contributed by atoms with Crippen LogP contribution in [-0.4, -0.2) is 31.7 Å². The summed E-state index contributed by atoms with van der Waals surface area (Å²) in [7, 11) is 0. The van der Waals surface area contributed by atoms with E-state index < -0.39 is 0 Å². The molecule has 0 fully saturated rings. The van der Waals surface area contributed by atoms with Gasteiger partial charge in [-0.15, -0.1) is 0 Å². The number of rotatable bonds is 2. The zero-order chi connectivity index (χ0) is 20.0. The van der Waals surface area contributed by atoms with E-state index in [2.05, 4.69) is 9.97 Å². The van der Waals surface area contributed by atoms with Crippen molar-refractivity contribution in [2.75, 3.05) is 6.54 Å². The SMILES string of the molecule is O=C(c1ccccc1)N1CCc2[nH]c(=O)n3cc(-c4cccc(F)c4)nc3c2C1. The lowest BCUT2D eigenvalue weighted by molar-refractivity contribution is 0.0734. The maximum absolute atomic E-state index is 13.6. The molecule has 5 rings (SSSR count). The molecular weight excluding hydrogens is 371 g/mol. The molecule has 1 amide bonds. The van der Waals surface area contributed by atoms with Crippen LogP contribution < -0.4 is 5.69 Å². The Labute approximate surface area is 165 Å². The molecule has 0 spiro atoms. The van der Waals surface area contributed by atoms with Gasteiger partial charge in [-0.2, -0.15) is 0 Å². The van der Waals surface area contributed by atoms with Gasteiger partial charge < -0.3 is 9.88 Å². The van der Waals surface area contributed by atoms with E-state index in [9.17, 15) is 14.0 Å². The first-order valence-electron chi connectivity index (χ1n) is 9.33. The maximum atomic E-state index is 13.6. The third-order valence-electron chi connectivity index (χ3n) is 5.23. The second-order valence-corrected chi connectivity index (χ2v) is 7.06. The second-order valence-electron chi connectivity index (χ2n) is 7.06. The average Bonchev–Trinajstić information content (AvgIpc) is 3.20. The van der Waals surface area contributed by atoms with E-state index in [1.807, 2.05) is 18.2 Å². The molecule has 0 saturated heterocycles. The molecule has 1 N–H and O–H groups in total. The number of hydrogen-bond acceptors (Lipinski definition) is 3. The van der Waals surface area contributed by atoms with E-state index in [-0.39, 0.29) is 17.4 Å². The number of benzene rings is 2. The van der Waals surface area contributed by atoms with Crippen molar-refractivity contribution >= 4 is 11.6 Å². The number of carbonyl (C=O) groups is 1. The summed E-state index contributed by atoms with van der Waals surface area (Å²) in [6, 6.07) is 15.2. The summed E-state index contributed by atoms with van der Waals surface area (Å²) >= 11 is 0. The third kappa shape index (κ3) is 3.00. The molecule has 7 heteroatoms. The van der Waals surface area contributed by atoms with Crippen LogP contribution in [0.15, 0.2) is 65.6 Å².